The van der Waals surface area contributed by atoms with Crippen LogP contribution in [-0.4, -0.2) is 44.4 Å². The van der Waals surface area contributed by atoms with E-state index in [0.29, 0.717) is 4.57 Å². The van der Waals surface area contributed by atoms with Gasteiger partial charge >= 0.3 is 5.69 Å². The number of aliphatic hydroxyl groups is 2. The van der Waals surface area contributed by atoms with Gasteiger partial charge in [0.2, 0.25) is 5.72 Å². The number of aromatic amines is 1. The number of alkyl halides is 1. The molecule has 4 atom stereocenters. The molecule has 11 heteroatoms. The van der Waals surface area contributed by atoms with Crippen LogP contribution in [0.4, 0.5) is 4.39 Å². The Labute approximate surface area is 109 Å². The summed E-state index contributed by atoms with van der Waals surface area (Å²) < 4.78 is 19.7. The van der Waals surface area contributed by atoms with E-state index in [4.69, 9.17) is 15.4 Å². The van der Waals surface area contributed by atoms with E-state index in [1.165, 1.54) is 0 Å². The first kappa shape index (κ1) is 14.2. The zero-order valence-electron chi connectivity index (χ0n) is 9.88. The van der Waals surface area contributed by atoms with Crippen molar-refractivity contribution in [3.63, 3.8) is 0 Å². The van der Waals surface area contributed by atoms with Crippen molar-refractivity contribution < 1.29 is 19.3 Å². The molecule has 1 aliphatic rings. The molecule has 0 bridgehead atoms. The van der Waals surface area contributed by atoms with Gasteiger partial charge in [-0.3, -0.25) is 14.3 Å². The quantitative estimate of drug-likeness (QED) is 0.360. The van der Waals surface area contributed by atoms with E-state index in [-0.39, 0.29) is 0 Å². The van der Waals surface area contributed by atoms with Crippen LogP contribution in [0.25, 0.3) is 10.4 Å². The lowest BCUT2D eigenvalue weighted by molar-refractivity contribution is -0.124. The van der Waals surface area contributed by atoms with Gasteiger partial charge < -0.3 is 14.9 Å². The Morgan fingerprint density at radius 3 is 2.90 bits per heavy atom. The van der Waals surface area contributed by atoms with Crippen LogP contribution in [0.5, 0.6) is 0 Å². The summed E-state index contributed by atoms with van der Waals surface area (Å²) in [6.07, 6.45) is -4.79. The molecule has 0 saturated carbocycles. The van der Waals surface area contributed by atoms with E-state index in [1.54, 1.807) is 0 Å². The lowest BCUT2D eigenvalue weighted by atomic mass is 10.1. The highest BCUT2D eigenvalue weighted by molar-refractivity contribution is 5.01. The minimum absolute atomic E-state index is 0.680. The Kier molecular flexibility index (Phi) is 3.59. The Bertz CT molecular complexity index is 667. The first-order chi connectivity index (χ1) is 9.45. The van der Waals surface area contributed by atoms with Gasteiger partial charge in [-0.25, -0.2) is 9.18 Å². The van der Waals surface area contributed by atoms with Crippen LogP contribution in [0.3, 0.4) is 0 Å². The topological polar surface area (TPSA) is 153 Å². The van der Waals surface area contributed by atoms with Gasteiger partial charge in [-0.15, -0.1) is 0 Å². The van der Waals surface area contributed by atoms with Crippen molar-refractivity contribution in [1.82, 2.24) is 9.55 Å². The monoisotopic (exact) mass is 287 g/mol. The van der Waals surface area contributed by atoms with Gasteiger partial charge in [0, 0.05) is 17.2 Å². The van der Waals surface area contributed by atoms with Gasteiger partial charge in [0.15, 0.2) is 12.4 Å². The van der Waals surface area contributed by atoms with Gasteiger partial charge in [-0.05, 0) is 5.53 Å². The fourth-order valence-electron chi connectivity index (χ4n) is 1.91. The molecule has 20 heavy (non-hydrogen) atoms. The third-order valence-electron chi connectivity index (χ3n) is 2.93. The maximum Gasteiger partial charge on any atom is 0.330 e. The average Bonchev–Trinajstić information content (AvgIpc) is 2.65. The van der Waals surface area contributed by atoms with E-state index in [0.717, 1.165) is 12.3 Å². The highest BCUT2D eigenvalue weighted by atomic mass is 19.1. The Morgan fingerprint density at radius 1 is 1.65 bits per heavy atom. The number of rotatable bonds is 3. The molecule has 0 unspecified atom stereocenters. The van der Waals surface area contributed by atoms with E-state index >= 15 is 0 Å². The normalized spacial score (nSPS) is 32.9. The summed E-state index contributed by atoms with van der Waals surface area (Å²) >= 11 is 0. The molecule has 108 valence electrons. The van der Waals surface area contributed by atoms with Crippen molar-refractivity contribution in [3.8, 4) is 0 Å². The molecule has 1 aliphatic heterocycles. The molecule has 2 rings (SSSR count). The first-order valence-corrected chi connectivity index (χ1v) is 5.44. The standard InChI is InChI=1S/C9H10FN5O5/c10-5-6(18)9(3-16,13-14-11)20-7(5)15-2-1-4(17)12-8(15)19/h1-2,5-7,16,18H,3H2,(H,12,17,19)/t5-,6+,7-,9-/m0/s1. The lowest BCUT2D eigenvalue weighted by Crippen LogP contribution is -2.43. The molecule has 2 heterocycles. The molecule has 1 aromatic heterocycles. The van der Waals surface area contributed by atoms with Crippen LogP contribution < -0.4 is 11.2 Å². The molecule has 0 radical (unpaired) electrons. The number of halogens is 1. The Hall–Kier alpha value is -2.20. The Balaban J connectivity index is 2.47. The van der Waals surface area contributed by atoms with E-state index in [2.05, 4.69) is 10.0 Å². The summed E-state index contributed by atoms with van der Waals surface area (Å²) in [5, 5.41) is 21.9. The van der Waals surface area contributed by atoms with Gasteiger partial charge in [0.1, 0.15) is 6.10 Å². The van der Waals surface area contributed by atoms with Crippen LogP contribution >= 0.6 is 0 Å². The second-order valence-corrected chi connectivity index (χ2v) is 4.11. The van der Waals surface area contributed by atoms with Crippen molar-refractivity contribution in [2.24, 2.45) is 5.11 Å². The SMILES string of the molecule is [N-]=[N+]=N[C@@]1(CO)O[C@H](n2ccc(=O)[nH]c2=O)[C@@H](F)[C@H]1O. The number of aliphatic hydroxyl groups excluding tert-OH is 2. The molecular formula is C9H10FN5O5. The molecule has 3 N–H and O–H groups in total. The molecule has 0 spiro atoms. The molecule has 10 nitrogen and oxygen atoms in total. The number of aromatic nitrogens is 2. The van der Waals surface area contributed by atoms with E-state index in [1.807, 2.05) is 4.98 Å². The number of ether oxygens (including phenoxy) is 1. The van der Waals surface area contributed by atoms with Gasteiger partial charge in [0.25, 0.3) is 5.56 Å². The van der Waals surface area contributed by atoms with E-state index < -0.39 is 42.1 Å². The smallest absolute Gasteiger partial charge is 0.330 e. The molecule has 0 aromatic carbocycles. The second-order valence-electron chi connectivity index (χ2n) is 4.11. The molecule has 1 aromatic rings. The molecular weight excluding hydrogens is 277 g/mol. The highest BCUT2D eigenvalue weighted by Gasteiger charge is 2.56. The predicted octanol–water partition coefficient (Wildman–Crippen LogP) is -1.24. The summed E-state index contributed by atoms with van der Waals surface area (Å²) in [5.41, 5.74) is 4.51. The highest BCUT2D eigenvalue weighted by Crippen LogP contribution is 2.39. The van der Waals surface area contributed by atoms with E-state index in [9.17, 15) is 19.1 Å². The zero-order valence-corrected chi connectivity index (χ0v) is 9.88. The van der Waals surface area contributed by atoms with Gasteiger partial charge in [-0.1, -0.05) is 5.11 Å². The van der Waals surface area contributed by atoms with Crippen molar-refractivity contribution in [2.45, 2.75) is 24.2 Å². The summed E-state index contributed by atoms with van der Waals surface area (Å²) in [4.78, 5) is 26.7. The molecule has 1 fully saturated rings. The number of azide groups is 1. The number of H-pyrrole nitrogens is 1. The maximum atomic E-state index is 14.0. The Morgan fingerprint density at radius 2 is 2.35 bits per heavy atom. The minimum atomic E-state index is -2.23. The molecule has 0 amide bonds. The number of hydrogen-bond donors (Lipinski definition) is 3. The summed E-state index contributed by atoms with van der Waals surface area (Å²) in [7, 11) is 0. The van der Waals surface area contributed by atoms with Crippen molar-refractivity contribution in [1.29, 1.82) is 0 Å². The van der Waals surface area contributed by atoms with Crippen LogP contribution in [0.15, 0.2) is 27.0 Å². The lowest BCUT2D eigenvalue weighted by Gasteiger charge is -2.23. The summed E-state index contributed by atoms with van der Waals surface area (Å²) in [6, 6.07) is 0.955. The van der Waals surface area contributed by atoms with Crippen LogP contribution in [0, 0.1) is 0 Å². The van der Waals surface area contributed by atoms with Crippen molar-refractivity contribution in [3.05, 3.63) is 43.5 Å². The summed E-state index contributed by atoms with van der Waals surface area (Å²) in [6.45, 7) is -0.979. The third-order valence-corrected chi connectivity index (χ3v) is 2.93. The predicted molar refractivity (Wildman–Crippen MR) is 61.3 cm³/mol. The van der Waals surface area contributed by atoms with Gasteiger partial charge in [-0.2, -0.15) is 0 Å². The third kappa shape index (κ3) is 2.08. The molecule has 1 saturated heterocycles. The fraction of sp³-hybridized carbons (Fsp3) is 0.556. The van der Waals surface area contributed by atoms with Crippen LogP contribution in [0.2, 0.25) is 0 Å². The average molecular weight is 287 g/mol. The summed E-state index contributed by atoms with van der Waals surface area (Å²) in [5.74, 6) is 0. The zero-order chi connectivity index (χ0) is 14.9. The molecule has 0 aliphatic carbocycles. The number of hydrogen-bond acceptors (Lipinski definition) is 6. The van der Waals surface area contributed by atoms with Crippen molar-refractivity contribution in [2.75, 3.05) is 6.61 Å². The van der Waals surface area contributed by atoms with Crippen LogP contribution in [-0.2, 0) is 4.74 Å². The minimum Gasteiger partial charge on any atom is -0.393 e. The van der Waals surface area contributed by atoms with Crippen molar-refractivity contribution >= 4 is 0 Å². The maximum absolute atomic E-state index is 14.0. The second kappa shape index (κ2) is 5.06. The largest absolute Gasteiger partial charge is 0.393 e. The number of nitrogens with one attached hydrogen (secondary N) is 1. The first-order valence-electron chi connectivity index (χ1n) is 5.44. The van der Waals surface area contributed by atoms with Gasteiger partial charge in [0.05, 0.1) is 6.61 Å². The van der Waals surface area contributed by atoms with Crippen LogP contribution in [0.1, 0.15) is 6.23 Å². The fourth-order valence-corrected chi connectivity index (χ4v) is 1.91. The number of nitrogens with zero attached hydrogens (tertiary/aromatic N) is 4.